The van der Waals surface area contributed by atoms with Crippen LogP contribution in [0.3, 0.4) is 0 Å². The monoisotopic (exact) mass is 367 g/mol. The fourth-order valence-corrected chi connectivity index (χ4v) is 3.70. The van der Waals surface area contributed by atoms with Gasteiger partial charge in [0.25, 0.3) is 0 Å². The zero-order valence-electron chi connectivity index (χ0n) is 15.8. The second kappa shape index (κ2) is 10.8. The maximum Gasteiger partial charge on any atom is 0.237 e. The van der Waals surface area contributed by atoms with Crippen molar-refractivity contribution in [1.29, 1.82) is 0 Å². The largest absolute Gasteiger partial charge is 0.351 e. The van der Waals surface area contributed by atoms with Gasteiger partial charge in [-0.05, 0) is 35.8 Å². The van der Waals surface area contributed by atoms with E-state index in [0.717, 1.165) is 36.8 Å². The minimum absolute atomic E-state index is 0. The maximum absolute atomic E-state index is 11.9. The van der Waals surface area contributed by atoms with Gasteiger partial charge in [0.15, 0.2) is 0 Å². The third kappa shape index (κ3) is 7.35. The highest BCUT2D eigenvalue weighted by Crippen LogP contribution is 2.22. The van der Waals surface area contributed by atoms with Crippen molar-refractivity contribution < 1.29 is 4.79 Å². The Balaban J connectivity index is 0.00000312. The number of rotatable bonds is 7. The van der Waals surface area contributed by atoms with Gasteiger partial charge >= 0.3 is 0 Å². The lowest BCUT2D eigenvalue weighted by Gasteiger charge is -2.35. The number of hydrogen-bond acceptors (Lipinski definition) is 3. The molecule has 0 saturated carbocycles. The van der Waals surface area contributed by atoms with E-state index in [-0.39, 0.29) is 18.3 Å². The Morgan fingerprint density at radius 1 is 1.20 bits per heavy atom. The highest BCUT2D eigenvalue weighted by atomic mass is 35.5. The minimum Gasteiger partial charge on any atom is -0.351 e. The number of likely N-dealkylation sites (tertiary alicyclic amines) is 1. The lowest BCUT2D eigenvalue weighted by atomic mass is 9.91. The molecule has 3 N–H and O–H groups in total. The Labute approximate surface area is 158 Å². The van der Waals surface area contributed by atoms with Gasteiger partial charge in [-0.25, -0.2) is 0 Å². The van der Waals surface area contributed by atoms with E-state index in [0.29, 0.717) is 6.54 Å². The van der Waals surface area contributed by atoms with Crippen LogP contribution in [0.2, 0.25) is 0 Å². The third-order valence-corrected chi connectivity index (χ3v) is 4.78. The van der Waals surface area contributed by atoms with Gasteiger partial charge in [-0.2, -0.15) is 0 Å². The molecule has 0 aromatic heterocycles. The number of nitrogens with one attached hydrogen (secondary N) is 1. The molecule has 25 heavy (non-hydrogen) atoms. The number of benzene rings is 1. The summed E-state index contributed by atoms with van der Waals surface area (Å²) in [5, 5.41) is 2.92. The number of nitrogens with zero attached hydrogens (tertiary/aromatic N) is 1. The normalized spacial score (nSPS) is 22.1. The first-order valence-corrected chi connectivity index (χ1v) is 9.31. The molecule has 4 nitrogen and oxygen atoms in total. The van der Waals surface area contributed by atoms with Crippen molar-refractivity contribution in [2.24, 2.45) is 17.6 Å². The molecule has 5 heteroatoms. The van der Waals surface area contributed by atoms with Crippen LogP contribution in [-0.2, 0) is 17.9 Å². The highest BCUT2D eigenvalue weighted by Gasteiger charge is 2.21. The molecule has 1 heterocycles. The first kappa shape index (κ1) is 21.9. The standard InChI is InChI=1S/C20H33N3O.ClH/c1-4-5-19(21)20(24)22-11-17-6-8-18(9-7-17)14-23-12-15(2)10-16(3)13-23;/h6-9,15-16,19H,4-5,10-14,21H2,1-3H3,(H,22,24);1H. The molecule has 1 saturated heterocycles. The van der Waals surface area contributed by atoms with Crippen LogP contribution in [0, 0.1) is 11.8 Å². The Morgan fingerprint density at radius 2 is 1.76 bits per heavy atom. The van der Waals surface area contributed by atoms with E-state index in [9.17, 15) is 4.79 Å². The van der Waals surface area contributed by atoms with Gasteiger partial charge in [-0.15, -0.1) is 12.4 Å². The molecule has 1 aromatic rings. The van der Waals surface area contributed by atoms with Crippen LogP contribution in [-0.4, -0.2) is 29.9 Å². The Bertz CT molecular complexity index is 510. The molecule has 0 radical (unpaired) electrons. The zero-order valence-corrected chi connectivity index (χ0v) is 16.6. The van der Waals surface area contributed by atoms with Crippen LogP contribution < -0.4 is 11.1 Å². The van der Waals surface area contributed by atoms with Gasteiger partial charge in [0.2, 0.25) is 5.91 Å². The van der Waals surface area contributed by atoms with Crippen molar-refractivity contribution in [2.75, 3.05) is 13.1 Å². The molecule has 2 rings (SSSR count). The van der Waals surface area contributed by atoms with E-state index < -0.39 is 6.04 Å². The minimum atomic E-state index is -0.391. The number of hydrogen-bond donors (Lipinski definition) is 2. The van der Waals surface area contributed by atoms with Crippen LogP contribution >= 0.6 is 12.4 Å². The Morgan fingerprint density at radius 3 is 2.32 bits per heavy atom. The fourth-order valence-electron chi connectivity index (χ4n) is 3.70. The predicted molar refractivity (Wildman–Crippen MR) is 107 cm³/mol. The molecule has 1 aromatic carbocycles. The number of nitrogens with two attached hydrogens (primary N) is 1. The van der Waals surface area contributed by atoms with Crippen LogP contribution in [0.1, 0.15) is 51.2 Å². The number of piperidine rings is 1. The van der Waals surface area contributed by atoms with Gasteiger partial charge in [-0.1, -0.05) is 51.5 Å². The fraction of sp³-hybridized carbons (Fsp3) is 0.650. The van der Waals surface area contributed by atoms with Crippen LogP contribution in [0.5, 0.6) is 0 Å². The molecule has 3 atom stereocenters. The summed E-state index contributed by atoms with van der Waals surface area (Å²) in [6.07, 6.45) is 3.00. The van der Waals surface area contributed by atoms with Gasteiger partial charge < -0.3 is 11.1 Å². The summed E-state index contributed by atoms with van der Waals surface area (Å²) in [6, 6.07) is 8.18. The molecule has 0 spiro atoms. The zero-order chi connectivity index (χ0) is 17.5. The number of halogens is 1. The van der Waals surface area contributed by atoms with Crippen molar-refractivity contribution >= 4 is 18.3 Å². The average Bonchev–Trinajstić information content (AvgIpc) is 2.53. The second-order valence-corrected chi connectivity index (χ2v) is 7.57. The topological polar surface area (TPSA) is 58.4 Å². The quantitative estimate of drug-likeness (QED) is 0.777. The lowest BCUT2D eigenvalue weighted by Crippen LogP contribution is -2.40. The molecular weight excluding hydrogens is 334 g/mol. The van der Waals surface area contributed by atoms with Crippen molar-refractivity contribution in [3.8, 4) is 0 Å². The molecule has 0 bridgehead atoms. The van der Waals surface area contributed by atoms with Gasteiger partial charge in [0, 0.05) is 26.2 Å². The smallest absolute Gasteiger partial charge is 0.237 e. The van der Waals surface area contributed by atoms with Crippen molar-refractivity contribution in [3.05, 3.63) is 35.4 Å². The summed E-state index contributed by atoms with van der Waals surface area (Å²) in [4.78, 5) is 14.4. The molecule has 3 unspecified atom stereocenters. The van der Waals surface area contributed by atoms with E-state index in [2.05, 4.69) is 48.3 Å². The summed E-state index contributed by atoms with van der Waals surface area (Å²) in [5.74, 6) is 1.52. The molecule has 1 aliphatic heterocycles. The first-order valence-electron chi connectivity index (χ1n) is 9.31. The van der Waals surface area contributed by atoms with Crippen molar-refractivity contribution in [1.82, 2.24) is 10.2 Å². The van der Waals surface area contributed by atoms with E-state index in [1.165, 1.54) is 25.1 Å². The Hall–Kier alpha value is -1.10. The average molecular weight is 368 g/mol. The number of amides is 1. The summed E-state index contributed by atoms with van der Waals surface area (Å²) in [7, 11) is 0. The number of carbonyl (C=O) groups is 1. The van der Waals surface area contributed by atoms with Gasteiger partial charge in [0.1, 0.15) is 0 Å². The second-order valence-electron chi connectivity index (χ2n) is 7.57. The lowest BCUT2D eigenvalue weighted by molar-refractivity contribution is -0.122. The van der Waals surface area contributed by atoms with Crippen molar-refractivity contribution in [3.63, 3.8) is 0 Å². The third-order valence-electron chi connectivity index (χ3n) is 4.78. The van der Waals surface area contributed by atoms with E-state index in [4.69, 9.17) is 5.73 Å². The van der Waals surface area contributed by atoms with Crippen molar-refractivity contribution in [2.45, 2.75) is 59.2 Å². The van der Waals surface area contributed by atoms with Gasteiger partial charge in [0.05, 0.1) is 6.04 Å². The van der Waals surface area contributed by atoms with Gasteiger partial charge in [-0.3, -0.25) is 9.69 Å². The van der Waals surface area contributed by atoms with E-state index in [1.807, 2.05) is 6.92 Å². The number of carbonyl (C=O) groups excluding carboxylic acids is 1. The molecule has 1 fully saturated rings. The summed E-state index contributed by atoms with van der Waals surface area (Å²) >= 11 is 0. The van der Waals surface area contributed by atoms with E-state index >= 15 is 0 Å². The van der Waals surface area contributed by atoms with Crippen LogP contribution in [0.25, 0.3) is 0 Å². The highest BCUT2D eigenvalue weighted by molar-refractivity contribution is 5.85. The molecule has 142 valence electrons. The summed E-state index contributed by atoms with van der Waals surface area (Å²) < 4.78 is 0. The van der Waals surface area contributed by atoms with Crippen LogP contribution in [0.4, 0.5) is 0 Å². The molecular formula is C20H34ClN3O. The molecule has 0 aliphatic carbocycles. The van der Waals surface area contributed by atoms with E-state index in [1.54, 1.807) is 0 Å². The molecule has 1 amide bonds. The van der Waals surface area contributed by atoms with Crippen LogP contribution in [0.15, 0.2) is 24.3 Å². The predicted octanol–water partition coefficient (Wildman–Crippen LogP) is 3.33. The first-order chi connectivity index (χ1) is 11.5. The summed E-state index contributed by atoms with van der Waals surface area (Å²) in [5.41, 5.74) is 8.29. The summed E-state index contributed by atoms with van der Waals surface area (Å²) in [6.45, 7) is 10.7. The maximum atomic E-state index is 11.9. The Kier molecular flexibility index (Phi) is 9.47. The molecule has 1 aliphatic rings. The SMILES string of the molecule is CCCC(N)C(=O)NCc1ccc(CN2CC(C)CC(C)C2)cc1.Cl.